The zero-order valence-electron chi connectivity index (χ0n) is 15.6. The van der Waals surface area contributed by atoms with E-state index in [1.54, 1.807) is 0 Å². The van der Waals surface area contributed by atoms with Gasteiger partial charge in [-0.2, -0.15) is 5.10 Å². The van der Waals surface area contributed by atoms with Crippen LogP contribution in [0.5, 0.6) is 5.75 Å². The molecule has 2 heterocycles. The molecule has 0 radical (unpaired) electrons. The third-order valence-corrected chi connectivity index (χ3v) is 5.37. The summed E-state index contributed by atoms with van der Waals surface area (Å²) in [4.78, 5) is 24.7. The molecule has 3 unspecified atom stereocenters. The van der Waals surface area contributed by atoms with Gasteiger partial charge in [-0.05, 0) is 31.0 Å². The van der Waals surface area contributed by atoms with Crippen LogP contribution in [0.4, 0.5) is 0 Å². The molecule has 1 aliphatic carbocycles. The van der Waals surface area contributed by atoms with E-state index in [2.05, 4.69) is 21.3 Å². The Hall–Kier alpha value is -2.71. The SMILES string of the molecule is O=C(NC1NNC2CCCCC21)c1ccc(=O)n(CCOc2ccccc2)n1. The van der Waals surface area contributed by atoms with E-state index in [1.807, 2.05) is 30.3 Å². The van der Waals surface area contributed by atoms with Gasteiger partial charge >= 0.3 is 0 Å². The number of rotatable bonds is 6. The lowest BCUT2D eigenvalue weighted by Crippen LogP contribution is -2.47. The fourth-order valence-electron chi connectivity index (χ4n) is 3.90. The minimum atomic E-state index is -0.289. The molecule has 1 saturated carbocycles. The molecule has 0 bridgehead atoms. The monoisotopic (exact) mass is 383 g/mol. The molecular weight excluding hydrogens is 358 g/mol. The molecule has 2 fully saturated rings. The van der Waals surface area contributed by atoms with Crippen LogP contribution in [-0.2, 0) is 6.54 Å². The van der Waals surface area contributed by atoms with Gasteiger partial charge < -0.3 is 10.1 Å². The normalized spacial score (nSPS) is 23.8. The van der Waals surface area contributed by atoms with Gasteiger partial charge in [0.05, 0.1) is 12.7 Å². The van der Waals surface area contributed by atoms with E-state index in [1.165, 1.54) is 29.7 Å². The van der Waals surface area contributed by atoms with Crippen molar-refractivity contribution < 1.29 is 9.53 Å². The van der Waals surface area contributed by atoms with Gasteiger partial charge in [0.15, 0.2) is 0 Å². The average Bonchev–Trinajstić information content (AvgIpc) is 3.13. The number of nitrogens with zero attached hydrogens (tertiary/aromatic N) is 2. The number of carbonyl (C=O) groups excluding carboxylic acids is 1. The lowest BCUT2D eigenvalue weighted by molar-refractivity contribution is 0.0908. The number of benzene rings is 1. The molecule has 3 atom stereocenters. The lowest BCUT2D eigenvalue weighted by atomic mass is 9.84. The molecule has 1 aliphatic heterocycles. The molecule has 0 spiro atoms. The van der Waals surface area contributed by atoms with Gasteiger partial charge in [-0.25, -0.2) is 10.1 Å². The van der Waals surface area contributed by atoms with Crippen LogP contribution in [0.3, 0.4) is 0 Å². The number of hydrogen-bond donors (Lipinski definition) is 3. The van der Waals surface area contributed by atoms with Crippen molar-refractivity contribution in [3.63, 3.8) is 0 Å². The molecule has 28 heavy (non-hydrogen) atoms. The Morgan fingerprint density at radius 3 is 2.82 bits per heavy atom. The summed E-state index contributed by atoms with van der Waals surface area (Å²) in [6.45, 7) is 0.558. The van der Waals surface area contributed by atoms with Gasteiger partial charge in [-0.3, -0.25) is 15.0 Å². The van der Waals surface area contributed by atoms with Crippen molar-refractivity contribution in [2.24, 2.45) is 5.92 Å². The van der Waals surface area contributed by atoms with Crippen LogP contribution in [0, 0.1) is 5.92 Å². The minimum Gasteiger partial charge on any atom is -0.492 e. The Bertz CT molecular complexity index is 870. The first-order valence-corrected chi connectivity index (χ1v) is 9.79. The van der Waals surface area contributed by atoms with Crippen molar-refractivity contribution in [3.05, 3.63) is 58.5 Å². The molecule has 148 valence electrons. The summed E-state index contributed by atoms with van der Waals surface area (Å²) < 4.78 is 6.88. The maximum Gasteiger partial charge on any atom is 0.272 e. The first-order chi connectivity index (χ1) is 13.7. The Kier molecular flexibility index (Phi) is 5.68. The van der Waals surface area contributed by atoms with Crippen LogP contribution in [0.1, 0.15) is 36.2 Å². The number of hydrogen-bond acceptors (Lipinski definition) is 6. The van der Waals surface area contributed by atoms with Gasteiger partial charge in [0, 0.05) is 18.0 Å². The summed E-state index contributed by atoms with van der Waals surface area (Å²) in [6.07, 6.45) is 4.48. The van der Waals surface area contributed by atoms with E-state index in [-0.39, 0.29) is 29.9 Å². The summed E-state index contributed by atoms with van der Waals surface area (Å²) in [5.41, 5.74) is 6.41. The first kappa shape index (κ1) is 18.6. The second-order valence-electron chi connectivity index (χ2n) is 7.24. The predicted octanol–water partition coefficient (Wildman–Crippen LogP) is 1.04. The van der Waals surface area contributed by atoms with Crippen LogP contribution in [-0.4, -0.2) is 34.5 Å². The highest BCUT2D eigenvalue weighted by Gasteiger charge is 2.38. The molecule has 1 amide bonds. The van der Waals surface area contributed by atoms with Crippen LogP contribution in [0.15, 0.2) is 47.3 Å². The molecule has 8 nitrogen and oxygen atoms in total. The highest BCUT2D eigenvalue weighted by Crippen LogP contribution is 2.29. The number of fused-ring (bicyclic) bond motifs is 1. The molecular formula is C20H25N5O3. The molecule has 2 aromatic rings. The molecule has 1 aromatic heterocycles. The number of hydrazine groups is 1. The Morgan fingerprint density at radius 1 is 1.14 bits per heavy atom. The highest BCUT2D eigenvalue weighted by molar-refractivity contribution is 5.92. The van der Waals surface area contributed by atoms with Crippen LogP contribution in [0.2, 0.25) is 0 Å². The molecule has 1 aromatic carbocycles. The minimum absolute atomic E-state index is 0.124. The topological polar surface area (TPSA) is 97.3 Å². The van der Waals surface area contributed by atoms with Gasteiger partial charge in [-0.1, -0.05) is 31.0 Å². The van der Waals surface area contributed by atoms with Gasteiger partial charge in [-0.15, -0.1) is 0 Å². The van der Waals surface area contributed by atoms with Crippen molar-refractivity contribution in [3.8, 4) is 5.75 Å². The predicted molar refractivity (Wildman–Crippen MR) is 104 cm³/mol. The van der Waals surface area contributed by atoms with Gasteiger partial charge in [0.1, 0.15) is 18.1 Å². The number of para-hydroxylation sites is 1. The largest absolute Gasteiger partial charge is 0.492 e. The Morgan fingerprint density at radius 2 is 1.96 bits per heavy atom. The van der Waals surface area contributed by atoms with Crippen molar-refractivity contribution >= 4 is 5.91 Å². The fraction of sp³-hybridized carbons (Fsp3) is 0.450. The van der Waals surface area contributed by atoms with E-state index >= 15 is 0 Å². The zero-order valence-corrected chi connectivity index (χ0v) is 15.6. The second kappa shape index (κ2) is 8.53. The van der Waals surface area contributed by atoms with Crippen molar-refractivity contribution in [1.82, 2.24) is 25.9 Å². The number of carbonyl (C=O) groups is 1. The fourth-order valence-corrected chi connectivity index (χ4v) is 3.90. The number of ether oxygens (including phenoxy) is 1. The Balaban J connectivity index is 1.37. The third-order valence-electron chi connectivity index (χ3n) is 5.37. The summed E-state index contributed by atoms with van der Waals surface area (Å²) in [5.74, 6) is 0.817. The van der Waals surface area contributed by atoms with E-state index in [0.717, 1.165) is 18.6 Å². The van der Waals surface area contributed by atoms with E-state index in [9.17, 15) is 9.59 Å². The lowest BCUT2D eigenvalue weighted by Gasteiger charge is -2.27. The number of aromatic nitrogens is 2. The number of amides is 1. The van der Waals surface area contributed by atoms with E-state index < -0.39 is 0 Å². The molecule has 3 N–H and O–H groups in total. The van der Waals surface area contributed by atoms with E-state index in [0.29, 0.717) is 18.6 Å². The van der Waals surface area contributed by atoms with Crippen molar-refractivity contribution in [2.45, 2.75) is 44.4 Å². The standard InChI is InChI=1S/C20H25N5O3/c26-18-11-10-17(24-25(18)12-13-28-14-6-2-1-3-7-14)20(27)21-19-15-8-4-5-9-16(15)22-23-19/h1-3,6-7,10-11,15-16,19,22-23H,4-5,8-9,12-13H2,(H,21,27). The summed E-state index contributed by atoms with van der Waals surface area (Å²) in [7, 11) is 0. The van der Waals surface area contributed by atoms with Crippen molar-refractivity contribution in [2.75, 3.05) is 6.61 Å². The third kappa shape index (κ3) is 4.23. The maximum atomic E-state index is 12.6. The number of nitrogens with one attached hydrogen (secondary N) is 3. The molecule has 8 heteroatoms. The molecule has 4 rings (SSSR count). The first-order valence-electron chi connectivity index (χ1n) is 9.79. The second-order valence-corrected chi connectivity index (χ2v) is 7.24. The summed E-state index contributed by atoms with van der Waals surface area (Å²) in [6, 6.07) is 12.6. The van der Waals surface area contributed by atoms with Crippen LogP contribution in [0.25, 0.3) is 0 Å². The van der Waals surface area contributed by atoms with Gasteiger partial charge in [0.25, 0.3) is 11.5 Å². The summed E-state index contributed by atoms with van der Waals surface area (Å²) >= 11 is 0. The average molecular weight is 383 g/mol. The zero-order chi connectivity index (χ0) is 19.3. The van der Waals surface area contributed by atoms with Crippen molar-refractivity contribution in [1.29, 1.82) is 0 Å². The van der Waals surface area contributed by atoms with E-state index in [4.69, 9.17) is 4.74 Å². The smallest absolute Gasteiger partial charge is 0.272 e. The van der Waals surface area contributed by atoms with Crippen LogP contribution < -0.4 is 26.5 Å². The Labute approximate surface area is 163 Å². The molecule has 1 saturated heterocycles. The highest BCUT2D eigenvalue weighted by atomic mass is 16.5. The summed E-state index contributed by atoms with van der Waals surface area (Å²) in [5, 5.41) is 7.21. The maximum absolute atomic E-state index is 12.6. The van der Waals surface area contributed by atoms with Gasteiger partial charge in [0.2, 0.25) is 0 Å². The quantitative estimate of drug-likeness (QED) is 0.690. The molecule has 2 aliphatic rings. The van der Waals surface area contributed by atoms with Crippen LogP contribution >= 0.6 is 0 Å².